The minimum atomic E-state index is -0.107. The van der Waals surface area contributed by atoms with Crippen molar-refractivity contribution in [2.45, 2.75) is 65.3 Å². The van der Waals surface area contributed by atoms with Gasteiger partial charge in [-0.3, -0.25) is 9.69 Å². The molecule has 0 spiro atoms. The molecule has 1 aromatic rings. The lowest BCUT2D eigenvalue weighted by atomic mass is 9.79. The minimum Gasteiger partial charge on any atom is -0.369 e. The van der Waals surface area contributed by atoms with Crippen molar-refractivity contribution >= 4 is 11.6 Å². The van der Waals surface area contributed by atoms with Crippen molar-refractivity contribution in [3.63, 3.8) is 0 Å². The van der Waals surface area contributed by atoms with Gasteiger partial charge in [0.05, 0.1) is 5.41 Å². The summed E-state index contributed by atoms with van der Waals surface area (Å²) < 4.78 is 0. The Balaban J connectivity index is 1.49. The highest BCUT2D eigenvalue weighted by Gasteiger charge is 2.43. The van der Waals surface area contributed by atoms with Gasteiger partial charge < -0.3 is 10.2 Å². The van der Waals surface area contributed by atoms with Gasteiger partial charge in [0.2, 0.25) is 5.91 Å². The number of hydrogen-bond acceptors (Lipinski definition) is 3. The van der Waals surface area contributed by atoms with Crippen LogP contribution in [0.25, 0.3) is 0 Å². The molecule has 27 heavy (non-hydrogen) atoms. The topological polar surface area (TPSA) is 35.6 Å². The van der Waals surface area contributed by atoms with Crippen molar-refractivity contribution in [2.24, 2.45) is 5.41 Å². The summed E-state index contributed by atoms with van der Waals surface area (Å²) in [7, 11) is 0. The molecule has 0 aromatic heterocycles. The minimum absolute atomic E-state index is 0.107. The summed E-state index contributed by atoms with van der Waals surface area (Å²) in [5.74, 6) is 0.843. The average molecular weight is 372 g/mol. The van der Waals surface area contributed by atoms with E-state index < -0.39 is 0 Å². The van der Waals surface area contributed by atoms with Crippen molar-refractivity contribution in [1.82, 2.24) is 10.2 Å². The molecule has 1 unspecified atom stereocenters. The van der Waals surface area contributed by atoms with E-state index in [0.29, 0.717) is 12.0 Å². The fourth-order valence-corrected chi connectivity index (χ4v) is 4.80. The molecule has 4 heteroatoms. The van der Waals surface area contributed by atoms with Gasteiger partial charge in [0.25, 0.3) is 0 Å². The normalized spacial score (nSPS) is 23.1. The van der Waals surface area contributed by atoms with Crippen LogP contribution in [-0.4, -0.2) is 49.6 Å². The Morgan fingerprint density at radius 3 is 2.37 bits per heavy atom. The van der Waals surface area contributed by atoms with E-state index in [0.717, 1.165) is 58.4 Å². The second-order valence-electron chi connectivity index (χ2n) is 8.69. The van der Waals surface area contributed by atoms with Crippen LogP contribution in [0.2, 0.25) is 0 Å². The summed E-state index contributed by atoms with van der Waals surface area (Å²) in [4.78, 5) is 17.5. The van der Waals surface area contributed by atoms with Crippen LogP contribution < -0.4 is 10.2 Å². The maximum Gasteiger partial charge on any atom is 0.226 e. The maximum atomic E-state index is 12.4. The number of rotatable bonds is 7. The SMILES string of the molecule is CCC1(CC)CC(CCN2CCN(c3ccccc3C(C)C)CC2)NC1=O. The van der Waals surface area contributed by atoms with Crippen LogP contribution in [0.1, 0.15) is 64.9 Å². The fraction of sp³-hybridized carbons (Fsp3) is 0.696. The molecule has 4 nitrogen and oxygen atoms in total. The number of piperazine rings is 1. The van der Waals surface area contributed by atoms with Gasteiger partial charge in [-0.15, -0.1) is 0 Å². The van der Waals surface area contributed by atoms with E-state index >= 15 is 0 Å². The van der Waals surface area contributed by atoms with E-state index in [9.17, 15) is 4.79 Å². The zero-order valence-corrected chi connectivity index (χ0v) is 17.6. The van der Waals surface area contributed by atoms with Crippen molar-refractivity contribution in [2.75, 3.05) is 37.6 Å². The third kappa shape index (κ3) is 4.31. The Morgan fingerprint density at radius 1 is 1.11 bits per heavy atom. The molecule has 2 heterocycles. The van der Waals surface area contributed by atoms with E-state index in [1.165, 1.54) is 11.3 Å². The van der Waals surface area contributed by atoms with E-state index in [2.05, 4.69) is 67.1 Å². The van der Waals surface area contributed by atoms with Crippen LogP contribution in [0, 0.1) is 5.41 Å². The third-order valence-corrected chi connectivity index (χ3v) is 6.87. The monoisotopic (exact) mass is 371 g/mol. The lowest BCUT2D eigenvalue weighted by molar-refractivity contribution is -0.128. The standard InChI is InChI=1S/C23H37N3O/c1-5-23(6-2)17-19(24-22(23)27)11-12-25-13-15-26(16-14-25)21-10-8-7-9-20(21)18(3)4/h7-10,18-19H,5-6,11-17H2,1-4H3,(H,24,27). The average Bonchev–Trinajstić information content (AvgIpc) is 3.02. The molecule has 0 bridgehead atoms. The molecule has 2 fully saturated rings. The first-order valence-corrected chi connectivity index (χ1v) is 10.9. The molecule has 0 saturated carbocycles. The third-order valence-electron chi connectivity index (χ3n) is 6.87. The molecule has 1 N–H and O–H groups in total. The van der Waals surface area contributed by atoms with Crippen LogP contribution in [0.3, 0.4) is 0 Å². The van der Waals surface area contributed by atoms with Crippen molar-refractivity contribution in [3.8, 4) is 0 Å². The second kappa shape index (κ2) is 8.64. The fourth-order valence-electron chi connectivity index (χ4n) is 4.80. The quantitative estimate of drug-likeness (QED) is 0.786. The van der Waals surface area contributed by atoms with Gasteiger partial charge in [0.15, 0.2) is 0 Å². The number of anilines is 1. The predicted molar refractivity (Wildman–Crippen MR) is 113 cm³/mol. The Hall–Kier alpha value is -1.55. The second-order valence-corrected chi connectivity index (χ2v) is 8.69. The highest BCUT2D eigenvalue weighted by molar-refractivity contribution is 5.85. The number of carbonyl (C=O) groups excluding carboxylic acids is 1. The van der Waals surface area contributed by atoms with Gasteiger partial charge in [-0.25, -0.2) is 0 Å². The number of nitrogens with one attached hydrogen (secondary N) is 1. The van der Waals surface area contributed by atoms with E-state index in [-0.39, 0.29) is 11.3 Å². The molecule has 1 atom stereocenters. The summed E-state index contributed by atoms with van der Waals surface area (Å²) in [6.07, 6.45) is 4.01. The van der Waals surface area contributed by atoms with Crippen molar-refractivity contribution in [1.29, 1.82) is 0 Å². The number of amides is 1. The Bertz CT molecular complexity index is 630. The molecule has 0 radical (unpaired) electrons. The Labute approximate surface area is 165 Å². The first kappa shape index (κ1) is 20.2. The Kier molecular flexibility index (Phi) is 6.46. The van der Waals surface area contributed by atoms with Crippen molar-refractivity contribution < 1.29 is 4.79 Å². The van der Waals surface area contributed by atoms with Crippen LogP contribution in [0.5, 0.6) is 0 Å². The van der Waals surface area contributed by atoms with Crippen molar-refractivity contribution in [3.05, 3.63) is 29.8 Å². The van der Waals surface area contributed by atoms with Crippen LogP contribution in [0.4, 0.5) is 5.69 Å². The maximum absolute atomic E-state index is 12.4. The van der Waals surface area contributed by atoms with Gasteiger partial charge in [-0.1, -0.05) is 45.9 Å². The van der Waals surface area contributed by atoms with Crippen LogP contribution in [-0.2, 0) is 4.79 Å². The van der Waals surface area contributed by atoms with Crippen LogP contribution >= 0.6 is 0 Å². The highest BCUT2D eigenvalue weighted by atomic mass is 16.2. The first-order valence-electron chi connectivity index (χ1n) is 10.9. The largest absolute Gasteiger partial charge is 0.369 e. The molecule has 1 amide bonds. The predicted octanol–water partition coefficient (Wildman–Crippen LogP) is 4.02. The summed E-state index contributed by atoms with van der Waals surface area (Å²) in [5, 5.41) is 3.26. The molecular formula is C23H37N3O. The summed E-state index contributed by atoms with van der Waals surface area (Å²) in [6.45, 7) is 14.4. The molecule has 1 aromatic carbocycles. The molecular weight excluding hydrogens is 334 g/mol. The first-order chi connectivity index (χ1) is 13.0. The molecule has 2 saturated heterocycles. The van der Waals surface area contributed by atoms with Crippen LogP contribution in [0.15, 0.2) is 24.3 Å². The number of hydrogen-bond donors (Lipinski definition) is 1. The lowest BCUT2D eigenvalue weighted by Gasteiger charge is -2.37. The highest BCUT2D eigenvalue weighted by Crippen LogP contribution is 2.37. The molecule has 3 rings (SSSR count). The zero-order valence-electron chi connectivity index (χ0n) is 17.6. The molecule has 150 valence electrons. The number of nitrogens with zero attached hydrogens (tertiary/aromatic N) is 2. The summed E-state index contributed by atoms with van der Waals surface area (Å²) >= 11 is 0. The zero-order chi connectivity index (χ0) is 19.4. The summed E-state index contributed by atoms with van der Waals surface area (Å²) in [6, 6.07) is 9.20. The summed E-state index contributed by atoms with van der Waals surface area (Å²) in [5.41, 5.74) is 2.75. The smallest absolute Gasteiger partial charge is 0.226 e. The van der Waals surface area contributed by atoms with Gasteiger partial charge in [-0.05, 0) is 43.2 Å². The van der Waals surface area contributed by atoms with E-state index in [1.807, 2.05) is 0 Å². The van der Waals surface area contributed by atoms with Gasteiger partial charge in [-0.2, -0.15) is 0 Å². The Morgan fingerprint density at radius 2 is 1.78 bits per heavy atom. The van der Waals surface area contributed by atoms with Gasteiger partial charge in [0, 0.05) is 44.5 Å². The number of benzene rings is 1. The van der Waals surface area contributed by atoms with E-state index in [1.54, 1.807) is 0 Å². The van der Waals surface area contributed by atoms with Gasteiger partial charge in [0.1, 0.15) is 0 Å². The number of carbonyl (C=O) groups is 1. The lowest BCUT2D eigenvalue weighted by Crippen LogP contribution is -2.47. The molecule has 2 aliphatic rings. The van der Waals surface area contributed by atoms with E-state index in [4.69, 9.17) is 0 Å². The molecule has 0 aliphatic carbocycles. The number of para-hydroxylation sites is 1. The van der Waals surface area contributed by atoms with Gasteiger partial charge >= 0.3 is 0 Å². The molecule has 2 aliphatic heterocycles.